The van der Waals surface area contributed by atoms with E-state index in [1.165, 1.54) is 24.1 Å². The summed E-state index contributed by atoms with van der Waals surface area (Å²) < 4.78 is 40.6. The van der Waals surface area contributed by atoms with E-state index < -0.39 is 11.7 Å². The van der Waals surface area contributed by atoms with Crippen LogP contribution in [-0.2, 0) is 24.6 Å². The van der Waals surface area contributed by atoms with Crippen molar-refractivity contribution in [1.82, 2.24) is 14.8 Å². The number of halogens is 3. The molecule has 0 bridgehead atoms. The molecule has 0 aliphatic rings. The molecule has 0 saturated heterocycles. The van der Waals surface area contributed by atoms with Crippen LogP contribution in [0.5, 0.6) is 0 Å². The Labute approximate surface area is 164 Å². The number of nitrogens with zero attached hydrogens (tertiary/aromatic N) is 4. The topological polar surface area (TPSA) is 51.0 Å². The monoisotopic (exact) mass is 398 g/mol. The maximum Gasteiger partial charge on any atom is 0.416 e. The fourth-order valence-corrected chi connectivity index (χ4v) is 3.41. The Balaban J connectivity index is 1.87. The molecule has 0 N–H and O–H groups in total. The number of aromatic nitrogens is 3. The largest absolute Gasteiger partial charge is 0.416 e. The highest BCUT2D eigenvalue weighted by molar-refractivity contribution is 6.10. The van der Waals surface area contributed by atoms with Crippen LogP contribution in [0.15, 0.2) is 54.7 Å². The van der Waals surface area contributed by atoms with Crippen molar-refractivity contribution in [2.24, 2.45) is 7.05 Å². The number of pyridine rings is 1. The average Bonchev–Trinajstić information content (AvgIpc) is 3.02. The highest BCUT2D eigenvalue weighted by atomic mass is 19.4. The Bertz CT molecular complexity index is 1220. The summed E-state index contributed by atoms with van der Waals surface area (Å²) in [5.74, 6) is 0.231. The summed E-state index contributed by atoms with van der Waals surface area (Å²) in [6.07, 6.45) is -2.97. The summed E-state index contributed by atoms with van der Waals surface area (Å²) in [5, 5.41) is 5.63. The highest BCUT2D eigenvalue weighted by Gasteiger charge is 2.31. The fourth-order valence-electron chi connectivity index (χ4n) is 3.41. The Hall–Kier alpha value is -3.42. The highest BCUT2D eigenvalue weighted by Crippen LogP contribution is 2.35. The fraction of sp³-hybridized carbons (Fsp3) is 0.190. The van der Waals surface area contributed by atoms with Gasteiger partial charge in [0.1, 0.15) is 0 Å². The molecule has 0 aliphatic carbocycles. The van der Waals surface area contributed by atoms with Gasteiger partial charge in [-0.3, -0.25) is 19.4 Å². The van der Waals surface area contributed by atoms with Gasteiger partial charge in [0.15, 0.2) is 5.82 Å². The van der Waals surface area contributed by atoms with Crippen LogP contribution in [0.3, 0.4) is 0 Å². The first-order valence-corrected chi connectivity index (χ1v) is 8.90. The molecule has 0 saturated carbocycles. The summed E-state index contributed by atoms with van der Waals surface area (Å²) in [5.41, 5.74) is 1.02. The molecular formula is C21H17F3N4O. The number of fused-ring (bicyclic) bond motifs is 3. The second-order valence-electron chi connectivity index (χ2n) is 6.79. The summed E-state index contributed by atoms with van der Waals surface area (Å²) >= 11 is 0. The molecule has 2 aromatic heterocycles. The zero-order valence-electron chi connectivity index (χ0n) is 15.7. The van der Waals surface area contributed by atoms with Crippen LogP contribution in [0.25, 0.3) is 21.8 Å². The third-order valence-corrected chi connectivity index (χ3v) is 4.80. The lowest BCUT2D eigenvalue weighted by Gasteiger charge is -2.19. The zero-order valence-corrected chi connectivity index (χ0v) is 15.7. The van der Waals surface area contributed by atoms with E-state index in [2.05, 4.69) is 10.1 Å². The lowest BCUT2D eigenvalue weighted by atomic mass is 10.1. The summed E-state index contributed by atoms with van der Waals surface area (Å²) in [6.45, 7) is 1.78. The molecule has 4 aromatic rings. The van der Waals surface area contributed by atoms with Crippen molar-refractivity contribution < 1.29 is 18.0 Å². The van der Waals surface area contributed by atoms with Crippen LogP contribution in [0.2, 0.25) is 0 Å². The lowest BCUT2D eigenvalue weighted by molar-refractivity contribution is -0.137. The van der Waals surface area contributed by atoms with E-state index in [0.717, 1.165) is 17.7 Å². The Kier molecular flexibility index (Phi) is 4.49. The molecule has 29 heavy (non-hydrogen) atoms. The van der Waals surface area contributed by atoms with E-state index >= 15 is 0 Å². The van der Waals surface area contributed by atoms with Crippen molar-refractivity contribution in [2.75, 3.05) is 4.90 Å². The van der Waals surface area contributed by atoms with E-state index in [-0.39, 0.29) is 11.4 Å². The van der Waals surface area contributed by atoms with Crippen LogP contribution in [0, 0.1) is 0 Å². The molecule has 2 aromatic carbocycles. The zero-order chi connectivity index (χ0) is 20.8. The predicted molar refractivity (Wildman–Crippen MR) is 104 cm³/mol. The van der Waals surface area contributed by atoms with E-state index in [9.17, 15) is 18.0 Å². The van der Waals surface area contributed by atoms with Gasteiger partial charge in [-0.2, -0.15) is 18.3 Å². The Morgan fingerprint density at radius 1 is 1.10 bits per heavy atom. The van der Waals surface area contributed by atoms with Crippen LogP contribution >= 0.6 is 0 Å². The van der Waals surface area contributed by atoms with Crippen molar-refractivity contribution in [3.05, 3.63) is 65.9 Å². The summed E-state index contributed by atoms with van der Waals surface area (Å²) in [6, 6.07) is 12.9. The Morgan fingerprint density at radius 2 is 1.83 bits per heavy atom. The smallest absolute Gasteiger partial charge is 0.291 e. The van der Waals surface area contributed by atoms with Gasteiger partial charge in [-0.25, -0.2) is 0 Å². The second kappa shape index (κ2) is 6.88. The normalized spacial score (nSPS) is 11.9. The lowest BCUT2D eigenvalue weighted by Crippen LogP contribution is -2.28. The molecule has 0 radical (unpaired) electrons. The van der Waals surface area contributed by atoms with Crippen molar-refractivity contribution in [3.8, 4) is 0 Å². The molecule has 8 heteroatoms. The van der Waals surface area contributed by atoms with E-state index in [1.54, 1.807) is 11.7 Å². The van der Waals surface area contributed by atoms with Crippen LogP contribution in [0.1, 0.15) is 18.1 Å². The third-order valence-electron chi connectivity index (χ3n) is 4.80. The maximum atomic E-state index is 13.0. The number of benzene rings is 2. The summed E-state index contributed by atoms with van der Waals surface area (Å²) in [7, 11) is 1.70. The number of alkyl halides is 3. The van der Waals surface area contributed by atoms with Crippen LogP contribution in [0.4, 0.5) is 19.0 Å². The van der Waals surface area contributed by atoms with Gasteiger partial charge >= 0.3 is 6.18 Å². The average molecular weight is 398 g/mol. The van der Waals surface area contributed by atoms with Gasteiger partial charge in [-0.15, -0.1) is 0 Å². The van der Waals surface area contributed by atoms with Crippen molar-refractivity contribution in [1.29, 1.82) is 0 Å². The molecule has 0 spiro atoms. The van der Waals surface area contributed by atoms with Crippen LogP contribution < -0.4 is 4.90 Å². The SMILES string of the molecule is CC(=O)N(Cc1ccccc1)c1nn(C)c2c1cnc1cc(C(F)(F)F)ccc12. The van der Waals surface area contributed by atoms with Gasteiger partial charge in [0.2, 0.25) is 5.91 Å². The molecule has 2 heterocycles. The second-order valence-corrected chi connectivity index (χ2v) is 6.79. The molecule has 5 nitrogen and oxygen atoms in total. The molecule has 4 rings (SSSR count). The molecular weight excluding hydrogens is 381 g/mol. The number of hydrogen-bond donors (Lipinski definition) is 0. The van der Waals surface area contributed by atoms with Gasteiger partial charge in [0.05, 0.1) is 28.5 Å². The minimum absolute atomic E-state index is 0.193. The van der Waals surface area contributed by atoms with Gasteiger partial charge in [0.25, 0.3) is 0 Å². The molecule has 1 amide bonds. The number of aryl methyl sites for hydroxylation is 1. The number of anilines is 1. The van der Waals surface area contributed by atoms with Crippen molar-refractivity contribution >= 4 is 33.5 Å². The van der Waals surface area contributed by atoms with E-state index in [0.29, 0.717) is 28.7 Å². The molecule has 0 fully saturated rings. The third kappa shape index (κ3) is 3.41. The van der Waals surface area contributed by atoms with Crippen molar-refractivity contribution in [2.45, 2.75) is 19.6 Å². The van der Waals surface area contributed by atoms with Gasteiger partial charge in [-0.05, 0) is 17.7 Å². The minimum atomic E-state index is -4.44. The first-order valence-electron chi connectivity index (χ1n) is 8.90. The number of hydrogen-bond acceptors (Lipinski definition) is 3. The number of carbonyl (C=O) groups excluding carboxylic acids is 1. The molecule has 148 valence electrons. The number of amides is 1. The first-order chi connectivity index (χ1) is 13.8. The summed E-state index contributed by atoms with van der Waals surface area (Å²) in [4.78, 5) is 18.1. The molecule has 0 aliphatic heterocycles. The maximum absolute atomic E-state index is 13.0. The van der Waals surface area contributed by atoms with Gasteiger partial charge < -0.3 is 0 Å². The number of rotatable bonds is 3. The van der Waals surface area contributed by atoms with E-state index in [4.69, 9.17) is 0 Å². The minimum Gasteiger partial charge on any atom is -0.291 e. The molecule has 0 atom stereocenters. The first kappa shape index (κ1) is 18.9. The number of carbonyl (C=O) groups is 1. The van der Waals surface area contributed by atoms with Gasteiger partial charge in [0, 0.05) is 25.6 Å². The molecule has 0 unspecified atom stereocenters. The van der Waals surface area contributed by atoms with Crippen LogP contribution in [-0.4, -0.2) is 20.7 Å². The van der Waals surface area contributed by atoms with E-state index in [1.807, 2.05) is 30.3 Å². The van der Waals surface area contributed by atoms with Gasteiger partial charge in [-0.1, -0.05) is 36.4 Å². The predicted octanol–water partition coefficient (Wildman–Crippen LogP) is 4.69. The quantitative estimate of drug-likeness (QED) is 0.503. The Morgan fingerprint density at radius 3 is 2.48 bits per heavy atom. The standard InChI is InChI=1S/C21H17F3N4O/c1-13(29)28(12-14-6-4-3-5-7-14)20-17-11-25-18-10-15(21(22,23)24)8-9-16(18)19(17)27(2)26-20/h3-11H,12H2,1-2H3. The van der Waals surface area contributed by atoms with Crippen molar-refractivity contribution in [3.63, 3.8) is 0 Å².